The first-order chi connectivity index (χ1) is 16.6. The summed E-state index contributed by atoms with van der Waals surface area (Å²) in [7, 11) is 1.60. The number of nitrogens with zero attached hydrogens (tertiary/aromatic N) is 1. The van der Waals surface area contributed by atoms with Crippen LogP contribution in [0.3, 0.4) is 0 Å². The fourth-order valence-electron chi connectivity index (χ4n) is 4.71. The van der Waals surface area contributed by atoms with Gasteiger partial charge in [-0.1, -0.05) is 24.6 Å². The molecule has 2 aromatic rings. The molecular formula is C26H28N2O6. The lowest BCUT2D eigenvalue weighted by Gasteiger charge is -2.44. The van der Waals surface area contributed by atoms with Crippen molar-refractivity contribution in [2.24, 2.45) is 0 Å². The van der Waals surface area contributed by atoms with Gasteiger partial charge in [0.1, 0.15) is 18.4 Å². The molecule has 2 fully saturated rings. The highest BCUT2D eigenvalue weighted by Crippen LogP contribution is 2.34. The second-order valence-corrected chi connectivity index (χ2v) is 8.69. The largest absolute Gasteiger partial charge is 0.497 e. The Morgan fingerprint density at radius 2 is 2.00 bits per heavy atom. The first-order valence-corrected chi connectivity index (χ1v) is 11.6. The van der Waals surface area contributed by atoms with Crippen molar-refractivity contribution in [3.63, 3.8) is 0 Å². The van der Waals surface area contributed by atoms with Crippen molar-refractivity contribution >= 4 is 17.9 Å². The highest BCUT2D eigenvalue weighted by atomic mass is 16.7. The van der Waals surface area contributed by atoms with Gasteiger partial charge in [0.2, 0.25) is 12.7 Å². The monoisotopic (exact) mass is 464 g/mol. The van der Waals surface area contributed by atoms with Crippen LogP contribution in [0, 0.1) is 0 Å². The number of nitrogens with one attached hydrogen (secondary N) is 1. The van der Waals surface area contributed by atoms with E-state index in [4.69, 9.17) is 18.9 Å². The number of benzene rings is 2. The Bertz CT molecular complexity index is 1110. The molecule has 2 aliphatic heterocycles. The minimum absolute atomic E-state index is 0.0106. The quantitative estimate of drug-likeness (QED) is 0.661. The van der Waals surface area contributed by atoms with Crippen LogP contribution >= 0.6 is 0 Å². The molecule has 0 spiro atoms. The summed E-state index contributed by atoms with van der Waals surface area (Å²) in [5.41, 5.74) is 1.71. The zero-order valence-corrected chi connectivity index (χ0v) is 19.1. The summed E-state index contributed by atoms with van der Waals surface area (Å²) in [5.74, 6) is 1.87. The predicted molar refractivity (Wildman–Crippen MR) is 124 cm³/mol. The Morgan fingerprint density at radius 3 is 2.88 bits per heavy atom. The Morgan fingerprint density at radius 1 is 1.15 bits per heavy atom. The molecule has 8 nitrogen and oxygen atoms in total. The van der Waals surface area contributed by atoms with E-state index in [9.17, 15) is 9.59 Å². The first kappa shape index (κ1) is 22.1. The molecule has 3 aliphatic rings. The van der Waals surface area contributed by atoms with Crippen molar-refractivity contribution in [3.05, 3.63) is 59.4 Å². The van der Waals surface area contributed by atoms with Crippen molar-refractivity contribution in [3.8, 4) is 17.2 Å². The van der Waals surface area contributed by atoms with Crippen LogP contribution in [-0.4, -0.2) is 49.3 Å². The van der Waals surface area contributed by atoms with E-state index in [1.54, 1.807) is 18.1 Å². The summed E-state index contributed by atoms with van der Waals surface area (Å²) in [6, 6.07) is 12.9. The Balaban J connectivity index is 1.29. The first-order valence-electron chi connectivity index (χ1n) is 11.6. The molecule has 5 rings (SSSR count). The van der Waals surface area contributed by atoms with Crippen LogP contribution in [0.25, 0.3) is 6.08 Å². The highest BCUT2D eigenvalue weighted by Gasteiger charge is 2.42. The van der Waals surface area contributed by atoms with Crippen molar-refractivity contribution in [1.82, 2.24) is 10.2 Å². The number of hydrogen-bond acceptors (Lipinski definition) is 6. The molecule has 2 unspecified atom stereocenters. The summed E-state index contributed by atoms with van der Waals surface area (Å²) in [5, 5.41) is 2.93. The van der Waals surface area contributed by atoms with Crippen LogP contribution in [0.1, 0.15) is 36.8 Å². The van der Waals surface area contributed by atoms with Crippen LogP contribution in [0.4, 0.5) is 0 Å². The van der Waals surface area contributed by atoms with Crippen molar-refractivity contribution in [1.29, 1.82) is 0 Å². The van der Waals surface area contributed by atoms with E-state index in [2.05, 4.69) is 5.32 Å². The molecule has 178 valence electrons. The summed E-state index contributed by atoms with van der Waals surface area (Å²) >= 11 is 0. The minimum Gasteiger partial charge on any atom is -0.497 e. The molecule has 34 heavy (non-hydrogen) atoms. The fourth-order valence-corrected chi connectivity index (χ4v) is 4.71. The number of carbonyl (C=O) groups excluding carboxylic acids is 2. The highest BCUT2D eigenvalue weighted by molar-refractivity contribution is 5.98. The zero-order valence-electron chi connectivity index (χ0n) is 19.1. The van der Waals surface area contributed by atoms with Gasteiger partial charge in [-0.2, -0.15) is 0 Å². The van der Waals surface area contributed by atoms with Gasteiger partial charge in [0.15, 0.2) is 17.3 Å². The third-order valence-electron chi connectivity index (χ3n) is 6.45. The van der Waals surface area contributed by atoms with Gasteiger partial charge >= 0.3 is 0 Å². The number of morpholine rings is 1. The van der Waals surface area contributed by atoms with Crippen molar-refractivity contribution in [2.75, 3.05) is 20.4 Å². The Hall–Kier alpha value is -3.68. The van der Waals surface area contributed by atoms with Crippen molar-refractivity contribution in [2.45, 2.75) is 44.4 Å². The van der Waals surface area contributed by atoms with Gasteiger partial charge in [0, 0.05) is 6.54 Å². The van der Waals surface area contributed by atoms with Crippen LogP contribution in [0.5, 0.6) is 17.2 Å². The van der Waals surface area contributed by atoms with Gasteiger partial charge in [-0.25, -0.2) is 0 Å². The summed E-state index contributed by atoms with van der Waals surface area (Å²) < 4.78 is 22.2. The molecule has 8 heteroatoms. The van der Waals surface area contributed by atoms with E-state index in [1.165, 1.54) is 0 Å². The third kappa shape index (κ3) is 4.66. The molecule has 1 saturated heterocycles. The fraction of sp³-hybridized carbons (Fsp3) is 0.385. The number of carbonyl (C=O) groups is 2. The predicted octanol–water partition coefficient (Wildman–Crippen LogP) is 3.25. The lowest BCUT2D eigenvalue weighted by Crippen LogP contribution is -2.57. The molecular weight excluding hydrogens is 436 g/mol. The number of ether oxygens (including phenoxy) is 4. The third-order valence-corrected chi connectivity index (χ3v) is 6.45. The number of hydrogen-bond donors (Lipinski definition) is 1. The van der Waals surface area contributed by atoms with E-state index in [0.29, 0.717) is 23.8 Å². The van der Waals surface area contributed by atoms with Crippen LogP contribution in [0.2, 0.25) is 0 Å². The van der Waals surface area contributed by atoms with Crippen LogP contribution in [-0.2, 0) is 20.9 Å². The smallest absolute Gasteiger partial charge is 0.289 e. The molecule has 1 N–H and O–H groups in total. The maximum Gasteiger partial charge on any atom is 0.289 e. The topological polar surface area (TPSA) is 86.3 Å². The number of methoxy groups -OCH3 is 1. The lowest BCUT2D eigenvalue weighted by molar-refractivity contribution is -0.151. The Labute approximate surface area is 198 Å². The second-order valence-electron chi connectivity index (χ2n) is 8.69. The molecule has 2 atom stereocenters. The number of amides is 2. The summed E-state index contributed by atoms with van der Waals surface area (Å²) in [6.07, 6.45) is 5.38. The van der Waals surface area contributed by atoms with E-state index in [0.717, 1.165) is 36.8 Å². The van der Waals surface area contributed by atoms with Gasteiger partial charge in [-0.05, 0) is 60.7 Å². The van der Waals surface area contributed by atoms with Gasteiger partial charge in [0.25, 0.3) is 5.91 Å². The second kappa shape index (κ2) is 9.67. The van der Waals surface area contributed by atoms with Gasteiger partial charge in [-0.15, -0.1) is 0 Å². The van der Waals surface area contributed by atoms with E-state index >= 15 is 0 Å². The molecule has 1 aliphatic carbocycles. The van der Waals surface area contributed by atoms with Crippen LogP contribution in [0.15, 0.2) is 48.2 Å². The van der Waals surface area contributed by atoms with E-state index in [1.807, 2.05) is 42.5 Å². The van der Waals surface area contributed by atoms with Gasteiger partial charge in [-0.3, -0.25) is 9.59 Å². The summed E-state index contributed by atoms with van der Waals surface area (Å²) in [4.78, 5) is 27.9. The molecule has 0 bridgehead atoms. The number of fused-ring (bicyclic) bond motifs is 2. The SMILES string of the molecule is COc1cccc(/C=C2/OC3CCCCC3N(CC(=O)NCc3ccc4c(c3)OCO4)C2=O)c1. The van der Waals surface area contributed by atoms with Gasteiger partial charge in [0.05, 0.1) is 13.2 Å². The lowest BCUT2D eigenvalue weighted by atomic mass is 9.89. The molecule has 1 saturated carbocycles. The molecule has 2 aromatic carbocycles. The molecule has 2 amide bonds. The minimum atomic E-state index is -0.260. The average molecular weight is 465 g/mol. The van der Waals surface area contributed by atoms with E-state index < -0.39 is 0 Å². The standard InChI is InChI=1S/C26H28N2O6/c1-31-19-6-4-5-17(11-19)12-24-26(30)28(20-7-2-3-8-21(20)34-24)15-25(29)27-14-18-9-10-22-23(13-18)33-16-32-22/h4-6,9-13,20-21H,2-3,7-8,14-16H2,1H3,(H,27,29)/b24-12+. The maximum atomic E-state index is 13.4. The van der Waals surface area contributed by atoms with Crippen molar-refractivity contribution < 1.29 is 28.5 Å². The van der Waals surface area contributed by atoms with Gasteiger partial charge < -0.3 is 29.2 Å². The molecule has 2 heterocycles. The Kier molecular flexibility index (Phi) is 6.29. The van der Waals surface area contributed by atoms with Crippen LogP contribution < -0.4 is 19.5 Å². The average Bonchev–Trinajstić information content (AvgIpc) is 3.33. The summed E-state index contributed by atoms with van der Waals surface area (Å²) in [6.45, 7) is 0.538. The molecule has 0 radical (unpaired) electrons. The zero-order chi connectivity index (χ0) is 23.5. The van der Waals surface area contributed by atoms with E-state index in [-0.39, 0.29) is 43.1 Å². The number of rotatable bonds is 6. The normalized spacial score (nSPS) is 22.2. The molecule has 0 aromatic heterocycles. The maximum absolute atomic E-state index is 13.4.